The number of methoxy groups -OCH3 is 1. The van der Waals surface area contributed by atoms with E-state index in [0.717, 1.165) is 48.7 Å². The van der Waals surface area contributed by atoms with E-state index in [1.54, 1.807) is 7.11 Å². The molecular formula is C21H26N2O3. The van der Waals surface area contributed by atoms with Crippen LogP contribution in [0.15, 0.2) is 48.5 Å². The predicted octanol–water partition coefficient (Wildman–Crippen LogP) is 3.74. The molecule has 5 heteroatoms. The van der Waals surface area contributed by atoms with Crippen molar-refractivity contribution in [2.24, 2.45) is 5.41 Å². The highest BCUT2D eigenvalue weighted by Crippen LogP contribution is 2.31. The molecule has 1 aliphatic rings. The highest BCUT2D eigenvalue weighted by atomic mass is 16.5. The molecule has 0 radical (unpaired) electrons. The summed E-state index contributed by atoms with van der Waals surface area (Å²) in [5.74, 6) is 1.56. The van der Waals surface area contributed by atoms with E-state index in [-0.39, 0.29) is 5.91 Å². The molecule has 1 fully saturated rings. The van der Waals surface area contributed by atoms with Gasteiger partial charge in [0.2, 0.25) is 5.91 Å². The van der Waals surface area contributed by atoms with Crippen molar-refractivity contribution in [1.82, 2.24) is 5.32 Å². The second-order valence-corrected chi connectivity index (χ2v) is 6.86. The van der Waals surface area contributed by atoms with Crippen LogP contribution >= 0.6 is 0 Å². The lowest BCUT2D eigenvalue weighted by molar-refractivity contribution is -0.130. The van der Waals surface area contributed by atoms with Crippen LogP contribution in [0.2, 0.25) is 0 Å². The van der Waals surface area contributed by atoms with Gasteiger partial charge in [0.05, 0.1) is 12.0 Å². The number of rotatable bonds is 6. The first-order chi connectivity index (χ1) is 12.6. The molecule has 1 aliphatic heterocycles. The number of carbonyl (C=O) groups excluding carboxylic acids is 1. The lowest BCUT2D eigenvalue weighted by Crippen LogP contribution is -2.47. The number of amides is 1. The zero-order valence-electron chi connectivity index (χ0n) is 15.4. The summed E-state index contributed by atoms with van der Waals surface area (Å²) in [5.41, 5.74) is 1.45. The third-order valence-corrected chi connectivity index (χ3v) is 4.80. The van der Waals surface area contributed by atoms with Crippen molar-refractivity contribution >= 4 is 11.6 Å². The highest BCUT2D eigenvalue weighted by molar-refractivity contribution is 5.95. The van der Waals surface area contributed by atoms with Crippen molar-refractivity contribution in [3.63, 3.8) is 0 Å². The van der Waals surface area contributed by atoms with Gasteiger partial charge in [-0.25, -0.2) is 0 Å². The number of piperidine rings is 1. The van der Waals surface area contributed by atoms with Gasteiger partial charge >= 0.3 is 0 Å². The molecule has 1 saturated heterocycles. The monoisotopic (exact) mass is 354 g/mol. The Labute approximate surface area is 154 Å². The maximum absolute atomic E-state index is 12.8. The first kappa shape index (κ1) is 18.4. The van der Waals surface area contributed by atoms with Gasteiger partial charge in [0.1, 0.15) is 11.5 Å². The molecule has 1 amide bonds. The summed E-state index contributed by atoms with van der Waals surface area (Å²) in [6, 6.07) is 15.4. The minimum Gasteiger partial charge on any atom is -0.457 e. The Morgan fingerprint density at radius 1 is 1.12 bits per heavy atom. The summed E-state index contributed by atoms with van der Waals surface area (Å²) >= 11 is 0. The van der Waals surface area contributed by atoms with Crippen LogP contribution in [-0.2, 0) is 9.53 Å². The normalized spacial score (nSPS) is 16.1. The van der Waals surface area contributed by atoms with Gasteiger partial charge in [0.15, 0.2) is 0 Å². The second-order valence-electron chi connectivity index (χ2n) is 6.86. The molecular weight excluding hydrogens is 328 g/mol. The minimum absolute atomic E-state index is 0.0215. The van der Waals surface area contributed by atoms with E-state index >= 15 is 0 Å². The number of hydrogen-bond acceptors (Lipinski definition) is 4. The van der Waals surface area contributed by atoms with Gasteiger partial charge < -0.3 is 20.1 Å². The second kappa shape index (κ2) is 8.34. The van der Waals surface area contributed by atoms with Crippen LogP contribution in [0.3, 0.4) is 0 Å². The molecule has 3 rings (SSSR count). The van der Waals surface area contributed by atoms with E-state index in [1.807, 2.05) is 55.5 Å². The van der Waals surface area contributed by atoms with Crippen LogP contribution in [0.25, 0.3) is 0 Å². The molecule has 2 aromatic carbocycles. The number of carbonyl (C=O) groups is 1. The molecule has 0 spiro atoms. The summed E-state index contributed by atoms with van der Waals surface area (Å²) in [7, 11) is 1.65. The zero-order valence-corrected chi connectivity index (χ0v) is 15.4. The number of benzene rings is 2. The first-order valence-corrected chi connectivity index (χ1v) is 8.97. The average Bonchev–Trinajstić information content (AvgIpc) is 2.64. The molecule has 1 heterocycles. The van der Waals surface area contributed by atoms with E-state index in [1.165, 1.54) is 0 Å². The summed E-state index contributed by atoms with van der Waals surface area (Å²) in [5, 5.41) is 6.33. The number of nitrogens with one attached hydrogen (secondary N) is 2. The molecule has 0 unspecified atom stereocenters. The van der Waals surface area contributed by atoms with Crippen LogP contribution in [0, 0.1) is 12.3 Å². The molecule has 0 aliphatic carbocycles. The van der Waals surface area contributed by atoms with Gasteiger partial charge in [0.25, 0.3) is 0 Å². The van der Waals surface area contributed by atoms with Gasteiger partial charge in [0, 0.05) is 12.8 Å². The number of hydrogen-bond donors (Lipinski definition) is 2. The van der Waals surface area contributed by atoms with E-state index in [0.29, 0.717) is 6.61 Å². The summed E-state index contributed by atoms with van der Waals surface area (Å²) < 4.78 is 11.2. The van der Waals surface area contributed by atoms with Crippen molar-refractivity contribution < 1.29 is 14.3 Å². The van der Waals surface area contributed by atoms with Crippen molar-refractivity contribution in [2.75, 3.05) is 32.1 Å². The molecule has 138 valence electrons. The first-order valence-electron chi connectivity index (χ1n) is 8.97. The minimum atomic E-state index is -0.462. The number of ether oxygens (including phenoxy) is 2. The largest absolute Gasteiger partial charge is 0.457 e. The SMILES string of the molecule is COCC1(C(=O)Nc2ccc(Oc3cccc(C)c3)cc2)CCNCC1. The Morgan fingerprint density at radius 3 is 2.50 bits per heavy atom. The number of aryl methyl sites for hydroxylation is 1. The summed E-state index contributed by atoms with van der Waals surface area (Å²) in [6.45, 7) is 4.14. The van der Waals surface area contributed by atoms with E-state index in [4.69, 9.17) is 9.47 Å². The smallest absolute Gasteiger partial charge is 0.233 e. The zero-order chi connectivity index (χ0) is 18.4. The fourth-order valence-electron chi connectivity index (χ4n) is 3.30. The third kappa shape index (κ3) is 4.42. The molecule has 0 saturated carbocycles. The van der Waals surface area contributed by atoms with Crippen LogP contribution in [0.1, 0.15) is 18.4 Å². The van der Waals surface area contributed by atoms with E-state index < -0.39 is 5.41 Å². The van der Waals surface area contributed by atoms with Crippen LogP contribution in [0.4, 0.5) is 5.69 Å². The Kier molecular flexibility index (Phi) is 5.91. The Bertz CT molecular complexity index is 732. The van der Waals surface area contributed by atoms with Crippen LogP contribution < -0.4 is 15.4 Å². The van der Waals surface area contributed by atoms with Gasteiger partial charge in [-0.1, -0.05) is 12.1 Å². The fraction of sp³-hybridized carbons (Fsp3) is 0.381. The highest BCUT2D eigenvalue weighted by Gasteiger charge is 2.39. The van der Waals surface area contributed by atoms with E-state index in [9.17, 15) is 4.79 Å². The maximum atomic E-state index is 12.8. The van der Waals surface area contributed by atoms with Crippen LogP contribution in [0.5, 0.6) is 11.5 Å². The molecule has 5 nitrogen and oxygen atoms in total. The topological polar surface area (TPSA) is 59.6 Å². The Hall–Kier alpha value is -2.37. The Balaban J connectivity index is 1.65. The van der Waals surface area contributed by atoms with Gasteiger partial charge in [-0.3, -0.25) is 4.79 Å². The molecule has 0 bridgehead atoms. The third-order valence-electron chi connectivity index (χ3n) is 4.80. The molecule has 0 atom stereocenters. The summed E-state index contributed by atoms with van der Waals surface area (Å²) in [6.07, 6.45) is 1.56. The van der Waals surface area contributed by atoms with Crippen molar-refractivity contribution in [3.05, 3.63) is 54.1 Å². The standard InChI is InChI=1S/C21H26N2O3/c1-16-4-3-5-19(14-16)26-18-8-6-17(7-9-18)23-20(24)21(15-25-2)10-12-22-13-11-21/h3-9,14,22H,10-13,15H2,1-2H3,(H,23,24). The molecule has 2 aromatic rings. The predicted molar refractivity (Wildman–Crippen MR) is 103 cm³/mol. The van der Waals surface area contributed by atoms with Crippen molar-refractivity contribution in [2.45, 2.75) is 19.8 Å². The fourth-order valence-corrected chi connectivity index (χ4v) is 3.30. The van der Waals surface area contributed by atoms with Crippen molar-refractivity contribution in [1.29, 1.82) is 0 Å². The van der Waals surface area contributed by atoms with Gasteiger partial charge in [-0.15, -0.1) is 0 Å². The van der Waals surface area contributed by atoms with Crippen LogP contribution in [-0.4, -0.2) is 32.7 Å². The summed E-state index contributed by atoms with van der Waals surface area (Å²) in [4.78, 5) is 12.8. The maximum Gasteiger partial charge on any atom is 0.233 e. The average molecular weight is 354 g/mol. The molecule has 26 heavy (non-hydrogen) atoms. The number of anilines is 1. The molecule has 2 N–H and O–H groups in total. The van der Waals surface area contributed by atoms with Crippen molar-refractivity contribution in [3.8, 4) is 11.5 Å². The Morgan fingerprint density at radius 2 is 1.85 bits per heavy atom. The quantitative estimate of drug-likeness (QED) is 0.830. The van der Waals surface area contributed by atoms with Gasteiger partial charge in [-0.2, -0.15) is 0 Å². The lowest BCUT2D eigenvalue weighted by atomic mass is 9.78. The van der Waals surface area contributed by atoms with Gasteiger partial charge in [-0.05, 0) is 74.8 Å². The van der Waals surface area contributed by atoms with E-state index in [2.05, 4.69) is 10.6 Å². The molecule has 0 aromatic heterocycles. The lowest BCUT2D eigenvalue weighted by Gasteiger charge is -2.35.